The summed E-state index contributed by atoms with van der Waals surface area (Å²) in [5.74, 6) is 0.427. The van der Waals surface area contributed by atoms with E-state index in [1.807, 2.05) is 17.2 Å². The summed E-state index contributed by atoms with van der Waals surface area (Å²) in [5, 5.41) is 31.8. The second-order valence-electron chi connectivity index (χ2n) is 9.23. The van der Waals surface area contributed by atoms with Crippen LogP contribution in [-0.2, 0) is 4.74 Å². The number of benzene rings is 1. The first-order chi connectivity index (χ1) is 17.6. The van der Waals surface area contributed by atoms with Crippen molar-refractivity contribution < 1.29 is 107 Å². The molecule has 2 aromatic rings. The van der Waals surface area contributed by atoms with Crippen molar-refractivity contribution in [2.24, 2.45) is 0 Å². The molecule has 6 N–H and O–H groups in total. The Bertz CT molecular complexity index is 1020. The van der Waals surface area contributed by atoms with Crippen molar-refractivity contribution in [1.82, 2.24) is 20.0 Å². The SMILES string of the molecule is CC(C)(CC(F)(F)F)NC(=O)OC1CC(c2cnc(Nc3ccc(SNC(O)(O)O)cc3)nc2)C1.CSC.[CH3-].[Cs+]. The second-order valence-corrected chi connectivity index (χ2v) is 10.9. The Morgan fingerprint density at radius 2 is 1.60 bits per heavy atom. The summed E-state index contributed by atoms with van der Waals surface area (Å²) in [5.41, 5.74) is 0.0727. The zero-order valence-electron chi connectivity index (χ0n) is 23.2. The molecule has 1 aliphatic rings. The molecule has 1 heterocycles. The van der Waals surface area contributed by atoms with Crippen LogP contribution in [0.15, 0.2) is 41.6 Å². The van der Waals surface area contributed by atoms with Crippen LogP contribution < -0.4 is 84.2 Å². The Balaban J connectivity index is 0.00000291. The van der Waals surface area contributed by atoms with Crippen LogP contribution in [0.5, 0.6) is 0 Å². The Kier molecular flexibility index (Phi) is 17.7. The van der Waals surface area contributed by atoms with Crippen molar-refractivity contribution in [3.8, 4) is 0 Å². The smallest absolute Gasteiger partial charge is 0.446 e. The van der Waals surface area contributed by atoms with Gasteiger partial charge in [0.1, 0.15) is 6.10 Å². The number of anilines is 2. The summed E-state index contributed by atoms with van der Waals surface area (Å²) in [4.78, 5) is 21.1. The van der Waals surface area contributed by atoms with Gasteiger partial charge >= 0.3 is 87.3 Å². The predicted molar refractivity (Wildman–Crippen MR) is 146 cm³/mol. The van der Waals surface area contributed by atoms with Crippen LogP contribution in [0.2, 0.25) is 0 Å². The van der Waals surface area contributed by atoms with E-state index in [1.54, 1.807) is 48.4 Å². The second kappa shape index (κ2) is 17.8. The molecule has 0 spiro atoms. The molecule has 0 aliphatic heterocycles. The number of nitrogens with zero attached hydrogens (tertiary/aromatic N) is 2. The Hall–Kier alpha value is -0.248. The van der Waals surface area contributed by atoms with Gasteiger partial charge in [-0.1, -0.05) is 0 Å². The Morgan fingerprint density at radius 1 is 1.07 bits per heavy atom. The average Bonchev–Trinajstić information content (AvgIpc) is 2.74. The van der Waals surface area contributed by atoms with Crippen LogP contribution in [0.25, 0.3) is 0 Å². The van der Waals surface area contributed by atoms with E-state index in [1.165, 1.54) is 13.8 Å². The predicted octanol–water partition coefficient (Wildman–Crippen LogP) is 1.54. The van der Waals surface area contributed by atoms with E-state index in [0.29, 0.717) is 29.4 Å². The van der Waals surface area contributed by atoms with E-state index < -0.39 is 36.4 Å². The van der Waals surface area contributed by atoms with Gasteiger partial charge in [0.25, 0.3) is 0 Å². The number of nitrogens with one attached hydrogen (secondary N) is 3. The molecule has 3 rings (SSSR count). The van der Waals surface area contributed by atoms with Crippen molar-refractivity contribution >= 4 is 41.4 Å². The minimum Gasteiger partial charge on any atom is -0.446 e. The van der Waals surface area contributed by atoms with Gasteiger partial charge in [-0.3, -0.25) is 0 Å². The number of carbonyl (C=O) groups excluding carboxylic acids is 1. The number of amides is 1. The maximum atomic E-state index is 12.6. The summed E-state index contributed by atoms with van der Waals surface area (Å²) >= 11 is 2.58. The molecule has 10 nitrogen and oxygen atoms in total. The van der Waals surface area contributed by atoms with Crippen LogP contribution in [0.1, 0.15) is 44.6 Å². The molecule has 40 heavy (non-hydrogen) atoms. The van der Waals surface area contributed by atoms with Gasteiger partial charge in [0.15, 0.2) is 0 Å². The molecule has 0 unspecified atom stereocenters. The van der Waals surface area contributed by atoms with Gasteiger partial charge < -0.3 is 38.1 Å². The van der Waals surface area contributed by atoms with Gasteiger partial charge in [-0.05, 0) is 86.9 Å². The first kappa shape index (κ1) is 39.8. The normalized spacial score (nSPS) is 16.6. The molecule has 0 saturated heterocycles. The molecule has 0 radical (unpaired) electrons. The molecule has 1 aliphatic carbocycles. The molecule has 16 heteroatoms. The van der Waals surface area contributed by atoms with Gasteiger partial charge in [0.05, 0.1) is 6.42 Å². The van der Waals surface area contributed by atoms with Crippen LogP contribution >= 0.6 is 23.7 Å². The minimum atomic E-state index is -4.39. The number of hydrogen-bond acceptors (Lipinski definition) is 11. The van der Waals surface area contributed by atoms with E-state index in [9.17, 15) is 18.0 Å². The van der Waals surface area contributed by atoms with Gasteiger partial charge in [0, 0.05) is 28.5 Å². The Labute approximate surface area is 300 Å². The van der Waals surface area contributed by atoms with Gasteiger partial charge in [-0.15, -0.1) is 0 Å². The van der Waals surface area contributed by atoms with Crippen molar-refractivity contribution in [2.75, 3.05) is 17.8 Å². The van der Waals surface area contributed by atoms with Crippen molar-refractivity contribution in [3.63, 3.8) is 0 Å². The quantitative estimate of drug-likeness (QED) is 0.127. The minimum absolute atomic E-state index is 0. The van der Waals surface area contributed by atoms with E-state index in [0.717, 1.165) is 17.5 Å². The molecular formula is C24H35CsF3N5O5S2. The van der Waals surface area contributed by atoms with Gasteiger partial charge in [-0.25, -0.2) is 14.8 Å². The van der Waals surface area contributed by atoms with Crippen LogP contribution in [0.3, 0.4) is 0 Å². The fraction of sp³-hybridized carbons (Fsp3) is 0.500. The third-order valence-electron chi connectivity index (χ3n) is 5.01. The van der Waals surface area contributed by atoms with Crippen LogP contribution in [-0.4, -0.2) is 67.8 Å². The molecule has 1 aromatic carbocycles. The van der Waals surface area contributed by atoms with Gasteiger partial charge in [0.2, 0.25) is 5.95 Å². The molecule has 220 valence electrons. The monoisotopic (exact) mass is 727 g/mol. The number of thioether (sulfide) groups is 1. The maximum Gasteiger partial charge on any atom is 1.00 e. The number of aromatic nitrogens is 2. The van der Waals surface area contributed by atoms with E-state index >= 15 is 0 Å². The molecule has 1 fully saturated rings. The third-order valence-corrected chi connectivity index (χ3v) is 5.89. The van der Waals surface area contributed by atoms with Crippen molar-refractivity contribution in [2.45, 2.75) is 67.8 Å². The number of rotatable bonds is 9. The number of aliphatic hydroxyl groups is 3. The molecular weight excluding hydrogens is 692 g/mol. The molecule has 0 atom stereocenters. The summed E-state index contributed by atoms with van der Waals surface area (Å²) in [6.45, 7) is 2.58. The standard InChI is InChI=1S/C21H26F3N5O5S.C2H6S.CH3.Cs/c1-19(2,11-20(22,23)24)28-18(30)34-15-7-12(8-15)13-9-25-17(26-10-13)27-14-3-5-16(6-4-14)35-29-21(31,32)33;1-3-2;;/h3-6,9-10,12,15,29,31-33H,7-8,11H2,1-2H3,(H,28,30)(H,25,26,27);1-2H3;1H3;/q;;-1;+1. The summed E-state index contributed by atoms with van der Waals surface area (Å²) < 4.78 is 45.0. The van der Waals surface area contributed by atoms with Crippen molar-refractivity contribution in [1.29, 1.82) is 0 Å². The van der Waals surface area contributed by atoms with Gasteiger partial charge in [-0.2, -0.15) is 29.7 Å². The third kappa shape index (κ3) is 15.8. The number of hydrogen-bond donors (Lipinski definition) is 6. The average molecular weight is 728 g/mol. The van der Waals surface area contributed by atoms with Crippen LogP contribution in [0, 0.1) is 7.43 Å². The topological polar surface area (TPSA) is 149 Å². The zero-order valence-corrected chi connectivity index (χ0v) is 31.2. The van der Waals surface area contributed by atoms with Crippen LogP contribution in [0.4, 0.5) is 29.6 Å². The van der Waals surface area contributed by atoms with E-state index in [-0.39, 0.29) is 82.2 Å². The fourth-order valence-electron chi connectivity index (χ4n) is 3.41. The number of carbonyl (C=O) groups is 1. The number of alkyl carbamates (subject to hydrolysis) is 1. The summed E-state index contributed by atoms with van der Waals surface area (Å²) in [6.07, 6.45) is -1.36. The number of ether oxygens (including phenoxy) is 1. The maximum absolute atomic E-state index is 12.6. The van der Waals surface area contributed by atoms with Crippen molar-refractivity contribution in [3.05, 3.63) is 49.6 Å². The fourth-order valence-corrected chi connectivity index (χ4v) is 3.94. The van der Waals surface area contributed by atoms with E-state index in [4.69, 9.17) is 20.1 Å². The Morgan fingerprint density at radius 3 is 2.08 bits per heavy atom. The molecule has 0 bridgehead atoms. The zero-order chi connectivity index (χ0) is 28.6. The molecule has 1 amide bonds. The molecule has 1 aromatic heterocycles. The first-order valence-electron chi connectivity index (χ1n) is 11.3. The number of alkyl halides is 3. The first-order valence-corrected chi connectivity index (χ1v) is 13.8. The van der Waals surface area contributed by atoms with E-state index in [2.05, 4.69) is 20.6 Å². The largest absolute Gasteiger partial charge is 1.00 e. The number of halogens is 3. The summed E-state index contributed by atoms with van der Waals surface area (Å²) in [7, 11) is 0. The molecule has 1 saturated carbocycles. The summed E-state index contributed by atoms with van der Waals surface area (Å²) in [6, 6.07) is 6.78.